The van der Waals surface area contributed by atoms with Crippen LogP contribution in [0.2, 0.25) is 0 Å². The number of hydrogen-bond donors (Lipinski definition) is 0. The lowest BCUT2D eigenvalue weighted by Gasteiger charge is -2.18. The number of ether oxygens (including phenoxy) is 1. The average molecular weight is 452 g/mol. The van der Waals surface area contributed by atoms with Crippen molar-refractivity contribution in [2.24, 2.45) is 7.05 Å². The standard InChI is InChI=1S/C17H18BrF4N3O2/c1-24(8-14-13(18)7-23-25(14)2)15(26)12-5-3-4-11(6-12)9-27-10-17(21,22)16(19)20/h3-7,16H,8-10H2,1-2H3. The smallest absolute Gasteiger partial charge is 0.330 e. The van der Waals surface area contributed by atoms with Crippen molar-refractivity contribution in [2.45, 2.75) is 25.5 Å². The molecular formula is C17H18BrF4N3O2. The highest BCUT2D eigenvalue weighted by Gasteiger charge is 2.40. The minimum absolute atomic E-state index is 0.289. The molecule has 0 unspecified atom stereocenters. The van der Waals surface area contributed by atoms with Gasteiger partial charge in [-0.15, -0.1) is 0 Å². The van der Waals surface area contributed by atoms with Crippen LogP contribution in [0.5, 0.6) is 0 Å². The van der Waals surface area contributed by atoms with Crippen LogP contribution >= 0.6 is 15.9 Å². The van der Waals surface area contributed by atoms with E-state index < -0.39 is 19.0 Å². The quantitative estimate of drug-likeness (QED) is 0.572. The number of rotatable bonds is 8. The molecule has 1 aromatic carbocycles. The van der Waals surface area contributed by atoms with Gasteiger partial charge in [-0.1, -0.05) is 12.1 Å². The van der Waals surface area contributed by atoms with Crippen molar-refractivity contribution in [1.29, 1.82) is 0 Å². The molecule has 0 bridgehead atoms. The van der Waals surface area contributed by atoms with Crippen LogP contribution in [-0.4, -0.2) is 46.6 Å². The summed E-state index contributed by atoms with van der Waals surface area (Å²) >= 11 is 3.36. The third-order valence-corrected chi connectivity index (χ3v) is 4.46. The largest absolute Gasteiger partial charge is 0.370 e. The number of carbonyl (C=O) groups excluding carboxylic acids is 1. The van der Waals surface area contributed by atoms with Crippen molar-refractivity contribution >= 4 is 21.8 Å². The second-order valence-corrected chi connectivity index (χ2v) is 6.83. The van der Waals surface area contributed by atoms with Crippen molar-refractivity contribution in [1.82, 2.24) is 14.7 Å². The van der Waals surface area contributed by atoms with E-state index in [1.807, 2.05) is 0 Å². The fourth-order valence-corrected chi connectivity index (χ4v) is 2.77. The molecule has 2 rings (SSSR count). The number of alkyl halides is 4. The van der Waals surface area contributed by atoms with Gasteiger partial charge in [0.2, 0.25) is 0 Å². The molecule has 5 nitrogen and oxygen atoms in total. The molecule has 0 saturated carbocycles. The van der Waals surface area contributed by atoms with E-state index >= 15 is 0 Å². The molecule has 0 atom stereocenters. The summed E-state index contributed by atoms with van der Waals surface area (Å²) in [6.07, 6.45) is -2.16. The Morgan fingerprint density at radius 3 is 2.70 bits per heavy atom. The number of hydrogen-bond acceptors (Lipinski definition) is 3. The highest BCUT2D eigenvalue weighted by Crippen LogP contribution is 2.23. The van der Waals surface area contributed by atoms with Gasteiger partial charge in [0.25, 0.3) is 5.91 Å². The molecule has 0 aliphatic carbocycles. The summed E-state index contributed by atoms with van der Waals surface area (Å²) in [7, 11) is 3.37. The van der Waals surface area contributed by atoms with Gasteiger partial charge in [-0.2, -0.15) is 13.9 Å². The number of nitrogens with zero attached hydrogens (tertiary/aromatic N) is 3. The molecule has 1 heterocycles. The summed E-state index contributed by atoms with van der Waals surface area (Å²) in [5, 5.41) is 4.08. The van der Waals surface area contributed by atoms with Crippen LogP contribution < -0.4 is 0 Å². The first kappa shape index (κ1) is 21.4. The summed E-state index contributed by atoms with van der Waals surface area (Å²) in [6.45, 7) is -1.39. The fourth-order valence-electron chi connectivity index (χ4n) is 2.29. The molecule has 2 aromatic rings. The molecule has 0 fully saturated rings. The zero-order valence-electron chi connectivity index (χ0n) is 14.6. The first-order valence-corrected chi connectivity index (χ1v) is 8.65. The van der Waals surface area contributed by atoms with Gasteiger partial charge in [0.05, 0.1) is 29.5 Å². The van der Waals surface area contributed by atoms with Crippen molar-refractivity contribution < 1.29 is 27.1 Å². The summed E-state index contributed by atoms with van der Waals surface area (Å²) in [6, 6.07) is 6.20. The molecule has 0 radical (unpaired) electrons. The molecular weight excluding hydrogens is 434 g/mol. The van der Waals surface area contributed by atoms with E-state index in [1.54, 1.807) is 43.2 Å². The molecule has 1 aromatic heterocycles. The number of aryl methyl sites for hydroxylation is 1. The summed E-state index contributed by atoms with van der Waals surface area (Å²) in [5.41, 5.74) is 1.57. The lowest BCUT2D eigenvalue weighted by atomic mass is 10.1. The van der Waals surface area contributed by atoms with E-state index in [2.05, 4.69) is 25.8 Å². The van der Waals surface area contributed by atoms with Crippen LogP contribution in [0.3, 0.4) is 0 Å². The third-order valence-electron chi connectivity index (χ3n) is 3.80. The van der Waals surface area contributed by atoms with E-state index in [4.69, 9.17) is 0 Å². The van der Waals surface area contributed by atoms with Crippen LogP contribution in [0.1, 0.15) is 21.6 Å². The van der Waals surface area contributed by atoms with Crippen LogP contribution in [0.15, 0.2) is 34.9 Å². The maximum absolute atomic E-state index is 12.9. The Morgan fingerprint density at radius 1 is 1.41 bits per heavy atom. The van der Waals surface area contributed by atoms with E-state index in [-0.39, 0.29) is 12.5 Å². The van der Waals surface area contributed by atoms with E-state index in [1.165, 1.54) is 11.0 Å². The summed E-state index contributed by atoms with van der Waals surface area (Å²) < 4.78 is 57.1. The van der Waals surface area contributed by atoms with E-state index in [0.717, 1.165) is 10.2 Å². The SMILES string of the molecule is CN(Cc1c(Br)cnn1C)C(=O)c1cccc(COCC(F)(F)C(F)F)c1. The van der Waals surface area contributed by atoms with Crippen molar-refractivity contribution in [2.75, 3.05) is 13.7 Å². The monoisotopic (exact) mass is 451 g/mol. The van der Waals surface area contributed by atoms with Gasteiger partial charge >= 0.3 is 12.3 Å². The van der Waals surface area contributed by atoms with Crippen LogP contribution in [0.25, 0.3) is 0 Å². The van der Waals surface area contributed by atoms with Gasteiger partial charge < -0.3 is 9.64 Å². The second kappa shape index (κ2) is 8.83. The van der Waals surface area contributed by atoms with Gasteiger partial charge in [-0.25, -0.2) is 8.78 Å². The van der Waals surface area contributed by atoms with Gasteiger partial charge in [0.1, 0.15) is 6.61 Å². The highest BCUT2D eigenvalue weighted by molar-refractivity contribution is 9.10. The number of carbonyl (C=O) groups is 1. The number of amides is 1. The first-order chi connectivity index (χ1) is 12.6. The molecule has 0 N–H and O–H groups in total. The van der Waals surface area contributed by atoms with Gasteiger partial charge in [0, 0.05) is 19.7 Å². The van der Waals surface area contributed by atoms with Gasteiger partial charge in [-0.05, 0) is 33.6 Å². The average Bonchev–Trinajstić information content (AvgIpc) is 2.93. The highest BCUT2D eigenvalue weighted by atomic mass is 79.9. The Morgan fingerprint density at radius 2 is 2.11 bits per heavy atom. The predicted octanol–water partition coefficient (Wildman–Crippen LogP) is 3.87. The molecule has 1 amide bonds. The molecule has 0 saturated heterocycles. The van der Waals surface area contributed by atoms with Gasteiger partial charge in [-0.3, -0.25) is 9.48 Å². The number of aromatic nitrogens is 2. The normalized spacial score (nSPS) is 11.9. The lowest BCUT2D eigenvalue weighted by Crippen LogP contribution is -2.32. The summed E-state index contributed by atoms with van der Waals surface area (Å²) in [5.74, 6) is -4.49. The van der Waals surface area contributed by atoms with Crippen LogP contribution in [-0.2, 0) is 24.9 Å². The maximum Gasteiger partial charge on any atom is 0.330 e. The zero-order valence-corrected chi connectivity index (χ0v) is 16.2. The first-order valence-electron chi connectivity index (χ1n) is 7.86. The molecule has 10 heteroatoms. The third kappa shape index (κ3) is 5.52. The minimum Gasteiger partial charge on any atom is -0.370 e. The Bertz CT molecular complexity index is 779. The Balaban J connectivity index is 2.00. The predicted molar refractivity (Wildman–Crippen MR) is 93.8 cm³/mol. The Labute approximate surface area is 162 Å². The van der Waals surface area contributed by atoms with Crippen LogP contribution in [0, 0.1) is 0 Å². The van der Waals surface area contributed by atoms with Crippen molar-refractivity contribution in [3.05, 3.63) is 51.8 Å². The molecule has 0 aliphatic rings. The van der Waals surface area contributed by atoms with Crippen LogP contribution in [0.4, 0.5) is 17.6 Å². The number of halogens is 5. The van der Waals surface area contributed by atoms with Crippen molar-refractivity contribution in [3.8, 4) is 0 Å². The van der Waals surface area contributed by atoms with Crippen molar-refractivity contribution in [3.63, 3.8) is 0 Å². The minimum atomic E-state index is -4.20. The molecule has 148 valence electrons. The lowest BCUT2D eigenvalue weighted by molar-refractivity contribution is -0.168. The maximum atomic E-state index is 12.9. The molecule has 27 heavy (non-hydrogen) atoms. The van der Waals surface area contributed by atoms with E-state index in [0.29, 0.717) is 17.7 Å². The van der Waals surface area contributed by atoms with E-state index in [9.17, 15) is 22.4 Å². The zero-order chi connectivity index (χ0) is 20.2. The Kier molecular flexibility index (Phi) is 6.99. The van der Waals surface area contributed by atoms with Gasteiger partial charge in [0.15, 0.2) is 0 Å². The fraction of sp³-hybridized carbons (Fsp3) is 0.412. The summed E-state index contributed by atoms with van der Waals surface area (Å²) in [4.78, 5) is 14.1. The molecule has 0 aliphatic heterocycles. The number of benzene rings is 1. The second-order valence-electron chi connectivity index (χ2n) is 5.98. The Hall–Kier alpha value is -1.94. The molecule has 0 spiro atoms. The topological polar surface area (TPSA) is 47.4 Å².